The Morgan fingerprint density at radius 3 is 2.76 bits per heavy atom. The van der Waals surface area contributed by atoms with Crippen LogP contribution in [0.5, 0.6) is 0 Å². The Morgan fingerprint density at radius 2 is 2.18 bits per heavy atom. The maximum absolute atomic E-state index is 11.2. The van der Waals surface area contributed by atoms with Gasteiger partial charge in [-0.05, 0) is 24.3 Å². The molecule has 2 aromatic heterocycles. The van der Waals surface area contributed by atoms with Gasteiger partial charge in [-0.15, -0.1) is 0 Å². The Hall–Kier alpha value is -2.30. The molecule has 2 aromatic rings. The maximum Gasteiger partial charge on any atom is 0.339 e. The molecule has 0 atom stereocenters. The Kier molecular flexibility index (Phi) is 3.40. The summed E-state index contributed by atoms with van der Waals surface area (Å²) in [6.07, 6.45) is 5.32. The summed E-state index contributed by atoms with van der Waals surface area (Å²) in [5, 5.41) is 0. The van der Waals surface area contributed by atoms with Crippen molar-refractivity contribution in [3.05, 3.63) is 54.1 Å². The van der Waals surface area contributed by atoms with Crippen LogP contribution in [0.2, 0.25) is 0 Å². The number of nitrogens with zero attached hydrogens (tertiary/aromatic N) is 2. The molecule has 0 amide bonds. The fraction of sp³-hybridized carbons (Fsp3) is 0.167. The van der Waals surface area contributed by atoms with Gasteiger partial charge < -0.3 is 10.2 Å². The van der Waals surface area contributed by atoms with Crippen LogP contribution in [0.4, 0.5) is 0 Å². The molecule has 0 spiro atoms. The normalized spacial score (nSPS) is 9.94. The SMILES string of the molecule is COC(=O)c1ccc(CNn2cccc2)nc1. The molecule has 0 aliphatic carbocycles. The van der Waals surface area contributed by atoms with Gasteiger partial charge in [0.1, 0.15) is 0 Å². The number of pyridine rings is 1. The van der Waals surface area contributed by atoms with Crippen molar-refractivity contribution < 1.29 is 9.53 Å². The highest BCUT2D eigenvalue weighted by atomic mass is 16.5. The molecule has 0 radical (unpaired) electrons. The second-order valence-electron chi connectivity index (χ2n) is 3.45. The summed E-state index contributed by atoms with van der Waals surface area (Å²) >= 11 is 0. The fourth-order valence-corrected chi connectivity index (χ4v) is 1.38. The Balaban J connectivity index is 1.96. The molecule has 0 saturated carbocycles. The van der Waals surface area contributed by atoms with Crippen molar-refractivity contribution >= 4 is 5.97 Å². The van der Waals surface area contributed by atoms with Crippen molar-refractivity contribution in [3.63, 3.8) is 0 Å². The molecule has 2 rings (SSSR count). The van der Waals surface area contributed by atoms with E-state index in [1.54, 1.807) is 12.1 Å². The number of esters is 1. The third-order valence-electron chi connectivity index (χ3n) is 2.29. The molecule has 5 nitrogen and oxygen atoms in total. The van der Waals surface area contributed by atoms with E-state index in [-0.39, 0.29) is 5.97 Å². The predicted octanol–water partition coefficient (Wildman–Crippen LogP) is 1.41. The lowest BCUT2D eigenvalue weighted by Crippen LogP contribution is -2.13. The second-order valence-corrected chi connectivity index (χ2v) is 3.45. The minimum absolute atomic E-state index is 0.373. The molecular weight excluding hydrogens is 218 g/mol. The van der Waals surface area contributed by atoms with Gasteiger partial charge in [-0.1, -0.05) is 0 Å². The van der Waals surface area contributed by atoms with Gasteiger partial charge in [0.05, 0.1) is 24.9 Å². The number of rotatable bonds is 4. The summed E-state index contributed by atoms with van der Waals surface area (Å²) in [6, 6.07) is 7.36. The van der Waals surface area contributed by atoms with E-state index >= 15 is 0 Å². The van der Waals surface area contributed by atoms with E-state index in [1.165, 1.54) is 13.3 Å². The largest absolute Gasteiger partial charge is 0.465 e. The van der Waals surface area contributed by atoms with Crippen molar-refractivity contribution in [2.75, 3.05) is 12.5 Å². The van der Waals surface area contributed by atoms with Gasteiger partial charge in [-0.25, -0.2) is 4.79 Å². The zero-order valence-electron chi connectivity index (χ0n) is 9.46. The van der Waals surface area contributed by atoms with E-state index < -0.39 is 0 Å². The van der Waals surface area contributed by atoms with Gasteiger partial charge in [0.25, 0.3) is 0 Å². The Morgan fingerprint density at radius 1 is 1.41 bits per heavy atom. The number of hydrogen-bond donors (Lipinski definition) is 1. The maximum atomic E-state index is 11.2. The minimum atomic E-state index is -0.373. The van der Waals surface area contributed by atoms with Crippen molar-refractivity contribution in [3.8, 4) is 0 Å². The number of carbonyl (C=O) groups is 1. The van der Waals surface area contributed by atoms with Crippen molar-refractivity contribution in [1.29, 1.82) is 0 Å². The zero-order valence-corrected chi connectivity index (χ0v) is 9.46. The highest BCUT2D eigenvalue weighted by Crippen LogP contribution is 2.02. The van der Waals surface area contributed by atoms with Gasteiger partial charge in [-0.2, -0.15) is 0 Å². The molecule has 0 bridgehead atoms. The number of methoxy groups -OCH3 is 1. The van der Waals surface area contributed by atoms with Crippen LogP contribution in [0, 0.1) is 0 Å². The number of aromatic nitrogens is 2. The molecule has 2 heterocycles. The van der Waals surface area contributed by atoms with Crippen molar-refractivity contribution in [2.24, 2.45) is 0 Å². The first kappa shape index (κ1) is 11.2. The summed E-state index contributed by atoms with van der Waals surface area (Å²) in [5.41, 5.74) is 4.45. The number of ether oxygens (including phenoxy) is 1. The predicted molar refractivity (Wildman–Crippen MR) is 63.1 cm³/mol. The summed E-state index contributed by atoms with van der Waals surface area (Å²) in [4.78, 5) is 15.4. The third kappa shape index (κ3) is 2.84. The van der Waals surface area contributed by atoms with E-state index in [4.69, 9.17) is 0 Å². The Labute approximate surface area is 99.0 Å². The highest BCUT2D eigenvalue weighted by Gasteiger charge is 2.04. The summed E-state index contributed by atoms with van der Waals surface area (Å²) in [6.45, 7) is 0.593. The van der Waals surface area contributed by atoms with Gasteiger partial charge in [0.2, 0.25) is 0 Å². The molecule has 0 fully saturated rings. The summed E-state index contributed by atoms with van der Waals surface area (Å²) < 4.78 is 6.44. The first-order chi connectivity index (χ1) is 8.29. The van der Waals surface area contributed by atoms with Crippen molar-refractivity contribution in [2.45, 2.75) is 6.54 Å². The van der Waals surface area contributed by atoms with Crippen molar-refractivity contribution in [1.82, 2.24) is 9.66 Å². The van der Waals surface area contributed by atoms with Crippen LogP contribution in [0.15, 0.2) is 42.9 Å². The first-order valence-electron chi connectivity index (χ1n) is 5.19. The van der Waals surface area contributed by atoms with E-state index in [9.17, 15) is 4.79 Å². The van der Waals surface area contributed by atoms with Gasteiger partial charge in [0, 0.05) is 18.6 Å². The van der Waals surface area contributed by atoms with E-state index in [0.717, 1.165) is 5.69 Å². The number of hydrogen-bond acceptors (Lipinski definition) is 4. The first-order valence-corrected chi connectivity index (χ1v) is 5.19. The molecule has 0 aromatic carbocycles. The van der Waals surface area contributed by atoms with Crippen LogP contribution in [0.3, 0.4) is 0 Å². The molecular formula is C12H13N3O2. The van der Waals surface area contributed by atoms with Crippen LogP contribution in [0.1, 0.15) is 16.1 Å². The van der Waals surface area contributed by atoms with Gasteiger partial charge in [-0.3, -0.25) is 9.66 Å². The number of nitrogens with one attached hydrogen (secondary N) is 1. The molecule has 0 unspecified atom stereocenters. The lowest BCUT2D eigenvalue weighted by molar-refractivity contribution is 0.0600. The third-order valence-corrected chi connectivity index (χ3v) is 2.29. The molecule has 0 aliphatic heterocycles. The van der Waals surface area contributed by atoms with E-state index in [0.29, 0.717) is 12.1 Å². The van der Waals surface area contributed by atoms with Crippen LogP contribution in [0.25, 0.3) is 0 Å². The molecule has 0 saturated heterocycles. The average molecular weight is 231 g/mol. The summed E-state index contributed by atoms with van der Waals surface area (Å²) in [5.74, 6) is -0.373. The van der Waals surface area contributed by atoms with Crippen LogP contribution >= 0.6 is 0 Å². The second kappa shape index (κ2) is 5.16. The molecule has 88 valence electrons. The topological polar surface area (TPSA) is 56.1 Å². The van der Waals surface area contributed by atoms with Gasteiger partial charge >= 0.3 is 5.97 Å². The smallest absolute Gasteiger partial charge is 0.339 e. The van der Waals surface area contributed by atoms with Crippen LogP contribution in [-0.2, 0) is 11.3 Å². The lowest BCUT2D eigenvalue weighted by Gasteiger charge is -2.07. The average Bonchev–Trinajstić information content (AvgIpc) is 2.89. The molecule has 1 N–H and O–H groups in total. The molecule has 17 heavy (non-hydrogen) atoms. The summed E-state index contributed by atoms with van der Waals surface area (Å²) in [7, 11) is 1.35. The fourth-order valence-electron chi connectivity index (χ4n) is 1.38. The lowest BCUT2D eigenvalue weighted by atomic mass is 10.2. The quantitative estimate of drug-likeness (QED) is 0.808. The number of carbonyl (C=O) groups excluding carboxylic acids is 1. The van der Waals surface area contributed by atoms with Gasteiger partial charge in [0.15, 0.2) is 0 Å². The van der Waals surface area contributed by atoms with Crippen LogP contribution < -0.4 is 5.43 Å². The van der Waals surface area contributed by atoms with E-state index in [1.807, 2.05) is 29.2 Å². The minimum Gasteiger partial charge on any atom is -0.465 e. The van der Waals surface area contributed by atoms with Crippen LogP contribution in [-0.4, -0.2) is 22.7 Å². The zero-order chi connectivity index (χ0) is 12.1. The van der Waals surface area contributed by atoms with E-state index in [2.05, 4.69) is 15.1 Å². The molecule has 5 heteroatoms. The Bertz CT molecular complexity index is 477. The monoisotopic (exact) mass is 231 g/mol. The highest BCUT2D eigenvalue weighted by molar-refractivity contribution is 5.88. The standard InChI is InChI=1S/C12H13N3O2/c1-17-12(16)10-4-5-11(13-8-10)9-14-15-6-2-3-7-15/h2-8,14H,9H2,1H3. The molecule has 0 aliphatic rings.